The predicted molar refractivity (Wildman–Crippen MR) is 95.6 cm³/mol. The van der Waals surface area contributed by atoms with Crippen LogP contribution < -0.4 is 5.73 Å². The van der Waals surface area contributed by atoms with Gasteiger partial charge in [0.15, 0.2) is 12.1 Å². The molecule has 1 aliphatic rings. The van der Waals surface area contributed by atoms with E-state index in [0.717, 1.165) is 31.3 Å². The molecule has 4 rings (SSSR count). The Labute approximate surface area is 150 Å². The van der Waals surface area contributed by atoms with Crippen molar-refractivity contribution in [1.82, 2.24) is 24.4 Å². The van der Waals surface area contributed by atoms with Gasteiger partial charge in [-0.15, -0.1) is 0 Å². The lowest BCUT2D eigenvalue weighted by molar-refractivity contribution is 0.0724. The van der Waals surface area contributed by atoms with Crippen LogP contribution in [0.3, 0.4) is 0 Å². The first-order chi connectivity index (χ1) is 12.6. The zero-order valence-electron chi connectivity index (χ0n) is 14.2. The zero-order valence-corrected chi connectivity index (χ0v) is 14.2. The van der Waals surface area contributed by atoms with Gasteiger partial charge in [-0.25, -0.2) is 15.0 Å². The molecule has 4 heterocycles. The number of carbonyl (C=O) groups excluding carboxylic acids is 1. The van der Waals surface area contributed by atoms with Gasteiger partial charge >= 0.3 is 0 Å². The smallest absolute Gasteiger partial charge is 0.255 e. The SMILES string of the molecule is NC(O)c1ncc(-n2ccc3cc(C(=O)N4CCCCC4)cnc32)cn1. The number of nitrogens with zero attached hydrogens (tertiary/aromatic N) is 5. The van der Waals surface area contributed by atoms with E-state index in [4.69, 9.17) is 5.73 Å². The largest absolute Gasteiger partial charge is 0.371 e. The number of fused-ring (bicyclic) bond motifs is 1. The highest BCUT2D eigenvalue weighted by Gasteiger charge is 2.19. The summed E-state index contributed by atoms with van der Waals surface area (Å²) >= 11 is 0. The van der Waals surface area contributed by atoms with E-state index in [0.29, 0.717) is 16.9 Å². The highest BCUT2D eigenvalue weighted by atomic mass is 16.3. The van der Waals surface area contributed by atoms with Crippen LogP contribution in [0.15, 0.2) is 36.9 Å². The van der Waals surface area contributed by atoms with E-state index in [2.05, 4.69) is 15.0 Å². The van der Waals surface area contributed by atoms with Crippen LogP contribution in [0.1, 0.15) is 41.7 Å². The van der Waals surface area contributed by atoms with Crippen molar-refractivity contribution in [3.8, 4) is 5.69 Å². The van der Waals surface area contributed by atoms with Gasteiger partial charge in [0, 0.05) is 30.9 Å². The fourth-order valence-corrected chi connectivity index (χ4v) is 3.24. The summed E-state index contributed by atoms with van der Waals surface area (Å²) in [6, 6.07) is 3.77. The number of carbonyl (C=O) groups is 1. The molecule has 3 N–H and O–H groups in total. The molecule has 0 saturated carbocycles. The molecule has 134 valence electrons. The minimum absolute atomic E-state index is 0.0384. The highest BCUT2D eigenvalue weighted by molar-refractivity contribution is 5.97. The second-order valence-corrected chi connectivity index (χ2v) is 6.42. The number of rotatable bonds is 3. The molecule has 8 nitrogen and oxygen atoms in total. The molecule has 0 radical (unpaired) electrons. The minimum Gasteiger partial charge on any atom is -0.371 e. The number of likely N-dealkylation sites (tertiary alicyclic amines) is 1. The molecule has 8 heteroatoms. The van der Waals surface area contributed by atoms with Crippen molar-refractivity contribution in [3.63, 3.8) is 0 Å². The summed E-state index contributed by atoms with van der Waals surface area (Å²) in [5.74, 6) is 0.198. The van der Waals surface area contributed by atoms with Crippen molar-refractivity contribution in [3.05, 3.63) is 48.3 Å². The number of nitrogens with two attached hydrogens (primary N) is 1. The summed E-state index contributed by atoms with van der Waals surface area (Å²) in [5, 5.41) is 10.2. The van der Waals surface area contributed by atoms with Gasteiger partial charge in [0.2, 0.25) is 0 Å². The lowest BCUT2D eigenvalue weighted by atomic mass is 10.1. The molecule has 1 fully saturated rings. The Kier molecular flexibility index (Phi) is 4.36. The summed E-state index contributed by atoms with van der Waals surface area (Å²) in [5.41, 5.74) is 7.38. The van der Waals surface area contributed by atoms with E-state index < -0.39 is 6.23 Å². The Morgan fingerprint density at radius 3 is 2.54 bits per heavy atom. The molecule has 26 heavy (non-hydrogen) atoms. The number of hydrogen-bond acceptors (Lipinski definition) is 6. The number of piperidine rings is 1. The maximum atomic E-state index is 12.6. The van der Waals surface area contributed by atoms with Gasteiger partial charge < -0.3 is 10.0 Å². The average molecular weight is 352 g/mol. The van der Waals surface area contributed by atoms with E-state index >= 15 is 0 Å². The number of aliphatic hydroxyl groups is 1. The van der Waals surface area contributed by atoms with Gasteiger partial charge in [-0.1, -0.05) is 0 Å². The van der Waals surface area contributed by atoms with E-state index in [1.54, 1.807) is 18.6 Å². The van der Waals surface area contributed by atoms with E-state index in [1.807, 2.05) is 27.8 Å². The standard InChI is InChI=1S/C18H20N6O2/c19-15(25)16-20-10-14(11-21-16)24-7-4-12-8-13(9-22-17(12)24)18(26)23-5-2-1-3-6-23/h4,7-11,15,25H,1-3,5-6,19H2. The second-order valence-electron chi connectivity index (χ2n) is 6.42. The first-order valence-electron chi connectivity index (χ1n) is 8.66. The fraction of sp³-hybridized carbons (Fsp3) is 0.333. The monoisotopic (exact) mass is 352 g/mol. The van der Waals surface area contributed by atoms with Crippen LogP contribution in [-0.2, 0) is 0 Å². The number of aromatic nitrogens is 4. The minimum atomic E-state index is -1.20. The lowest BCUT2D eigenvalue weighted by Gasteiger charge is -2.26. The summed E-state index contributed by atoms with van der Waals surface area (Å²) in [7, 11) is 0. The summed E-state index contributed by atoms with van der Waals surface area (Å²) < 4.78 is 1.83. The summed E-state index contributed by atoms with van der Waals surface area (Å²) in [6.45, 7) is 1.63. The van der Waals surface area contributed by atoms with Crippen LogP contribution in [0.5, 0.6) is 0 Å². The summed E-state index contributed by atoms with van der Waals surface area (Å²) in [4.78, 5) is 27.1. The third-order valence-corrected chi connectivity index (χ3v) is 4.62. The van der Waals surface area contributed by atoms with Crippen molar-refractivity contribution in [2.75, 3.05) is 13.1 Å². The Bertz CT molecular complexity index is 929. The predicted octanol–water partition coefficient (Wildman–Crippen LogP) is 1.39. The summed E-state index contributed by atoms with van der Waals surface area (Å²) in [6.07, 6.45) is 8.73. The van der Waals surface area contributed by atoms with Gasteiger partial charge in [0.05, 0.1) is 23.6 Å². The molecule has 1 atom stereocenters. The molecule has 0 bridgehead atoms. The molecule has 0 aromatic carbocycles. The van der Waals surface area contributed by atoms with Crippen molar-refractivity contribution in [2.45, 2.75) is 25.5 Å². The van der Waals surface area contributed by atoms with Crippen LogP contribution in [0.4, 0.5) is 0 Å². The molecule has 0 spiro atoms. The van der Waals surface area contributed by atoms with Crippen molar-refractivity contribution < 1.29 is 9.90 Å². The molecular formula is C18H20N6O2. The average Bonchev–Trinajstić information content (AvgIpc) is 3.11. The van der Waals surface area contributed by atoms with E-state index in [9.17, 15) is 9.90 Å². The highest BCUT2D eigenvalue weighted by Crippen LogP contribution is 2.21. The van der Waals surface area contributed by atoms with Crippen LogP contribution in [0, 0.1) is 0 Å². The normalized spacial score (nSPS) is 16.0. The first kappa shape index (κ1) is 16.6. The molecule has 1 amide bonds. The third-order valence-electron chi connectivity index (χ3n) is 4.62. The molecule has 1 aliphatic heterocycles. The molecule has 1 saturated heterocycles. The van der Waals surface area contributed by atoms with Crippen molar-refractivity contribution in [1.29, 1.82) is 0 Å². The van der Waals surface area contributed by atoms with Gasteiger partial charge in [0.25, 0.3) is 5.91 Å². The molecule has 1 unspecified atom stereocenters. The van der Waals surface area contributed by atoms with Gasteiger partial charge in [-0.05, 0) is 31.4 Å². The third kappa shape index (κ3) is 3.04. The maximum absolute atomic E-state index is 12.6. The molecule has 3 aromatic rings. The van der Waals surface area contributed by atoms with E-state index in [-0.39, 0.29) is 11.7 Å². The lowest BCUT2D eigenvalue weighted by Crippen LogP contribution is -2.35. The first-order valence-corrected chi connectivity index (χ1v) is 8.66. The molecule has 3 aromatic heterocycles. The van der Waals surface area contributed by atoms with Gasteiger partial charge in [-0.2, -0.15) is 0 Å². The van der Waals surface area contributed by atoms with Crippen molar-refractivity contribution >= 4 is 16.9 Å². The number of pyridine rings is 1. The zero-order chi connectivity index (χ0) is 18.1. The van der Waals surface area contributed by atoms with E-state index in [1.165, 1.54) is 6.42 Å². The Balaban J connectivity index is 1.64. The van der Waals surface area contributed by atoms with Crippen LogP contribution in [0.25, 0.3) is 16.7 Å². The molecular weight excluding hydrogens is 332 g/mol. The Morgan fingerprint density at radius 1 is 1.12 bits per heavy atom. The van der Waals surface area contributed by atoms with Crippen molar-refractivity contribution in [2.24, 2.45) is 5.73 Å². The maximum Gasteiger partial charge on any atom is 0.255 e. The number of amides is 1. The topological polar surface area (TPSA) is 110 Å². The van der Waals surface area contributed by atoms with Gasteiger partial charge in [-0.3, -0.25) is 15.1 Å². The Morgan fingerprint density at radius 2 is 1.85 bits per heavy atom. The van der Waals surface area contributed by atoms with Crippen LogP contribution >= 0.6 is 0 Å². The molecule has 0 aliphatic carbocycles. The van der Waals surface area contributed by atoms with Crippen LogP contribution in [-0.4, -0.2) is 48.5 Å². The fourth-order valence-electron chi connectivity index (χ4n) is 3.24. The second kappa shape index (κ2) is 6.81. The number of aliphatic hydroxyl groups excluding tert-OH is 1. The van der Waals surface area contributed by atoms with Crippen LogP contribution in [0.2, 0.25) is 0 Å². The Hall–Kier alpha value is -2.84. The number of hydrogen-bond donors (Lipinski definition) is 2. The van der Waals surface area contributed by atoms with Gasteiger partial charge in [0.1, 0.15) is 5.65 Å². The quantitative estimate of drug-likeness (QED) is 0.689.